The van der Waals surface area contributed by atoms with E-state index >= 15 is 0 Å². The second kappa shape index (κ2) is 5.13. The van der Waals surface area contributed by atoms with Crippen LogP contribution < -0.4 is 4.74 Å². The zero-order valence-electron chi connectivity index (χ0n) is 10.6. The maximum absolute atomic E-state index is 11.0. The molecule has 1 aromatic heterocycles. The molecule has 1 aliphatic carbocycles. The molecule has 1 aliphatic rings. The molecule has 0 amide bonds. The number of nitrogens with zero attached hydrogens (tertiary/aromatic N) is 1. The highest BCUT2D eigenvalue weighted by Crippen LogP contribution is 2.28. The van der Waals surface area contributed by atoms with E-state index in [1.54, 1.807) is 12.1 Å². The average molecular weight is 290 g/mol. The number of pyridine rings is 1. The lowest BCUT2D eigenvalue weighted by Gasteiger charge is -2.08. The summed E-state index contributed by atoms with van der Waals surface area (Å²) in [5.41, 5.74) is 2.35. The van der Waals surface area contributed by atoms with Crippen LogP contribution in [0.25, 0.3) is 0 Å². The number of carboxylic acid groups (broad SMARTS) is 1. The average Bonchev–Trinajstić information content (AvgIpc) is 2.88. The van der Waals surface area contributed by atoms with E-state index in [4.69, 9.17) is 21.4 Å². The summed E-state index contributed by atoms with van der Waals surface area (Å²) in [6.45, 7) is 0. The fraction of sp³-hybridized carbons (Fsp3) is 0.200. The number of rotatable bonds is 3. The van der Waals surface area contributed by atoms with E-state index in [0.29, 0.717) is 11.6 Å². The Morgan fingerprint density at radius 2 is 2.10 bits per heavy atom. The van der Waals surface area contributed by atoms with Gasteiger partial charge in [-0.05, 0) is 43.0 Å². The number of aromatic nitrogens is 1. The minimum Gasteiger partial charge on any atom is -0.478 e. The molecular weight excluding hydrogens is 278 g/mol. The molecule has 0 saturated carbocycles. The minimum absolute atomic E-state index is 0.0188. The molecule has 1 aromatic carbocycles. The molecule has 5 heteroatoms. The van der Waals surface area contributed by atoms with Crippen LogP contribution in [0.5, 0.6) is 11.6 Å². The summed E-state index contributed by atoms with van der Waals surface area (Å²) < 4.78 is 5.62. The first-order valence-electron chi connectivity index (χ1n) is 6.33. The number of hydrogen-bond donors (Lipinski definition) is 1. The van der Waals surface area contributed by atoms with Crippen molar-refractivity contribution < 1.29 is 14.6 Å². The zero-order chi connectivity index (χ0) is 14.1. The summed E-state index contributed by atoms with van der Waals surface area (Å²) in [7, 11) is 0. The minimum atomic E-state index is -1.08. The molecule has 0 bridgehead atoms. The van der Waals surface area contributed by atoms with Crippen molar-refractivity contribution in [2.75, 3.05) is 0 Å². The Labute approximate surface area is 121 Å². The highest BCUT2D eigenvalue weighted by atomic mass is 35.5. The summed E-state index contributed by atoms with van der Waals surface area (Å²) in [5, 5.41) is 9.21. The van der Waals surface area contributed by atoms with E-state index in [2.05, 4.69) is 4.98 Å². The quantitative estimate of drug-likeness (QED) is 0.935. The Morgan fingerprint density at radius 1 is 1.25 bits per heavy atom. The fourth-order valence-electron chi connectivity index (χ4n) is 2.31. The number of aromatic carboxylic acids is 1. The number of carboxylic acids is 1. The molecule has 102 valence electrons. The van der Waals surface area contributed by atoms with Crippen molar-refractivity contribution in [3.05, 3.63) is 52.2 Å². The van der Waals surface area contributed by atoms with Gasteiger partial charge in [0.2, 0.25) is 5.88 Å². The van der Waals surface area contributed by atoms with Gasteiger partial charge in [0.15, 0.2) is 0 Å². The Balaban J connectivity index is 1.88. The smallest absolute Gasteiger partial charge is 0.337 e. The molecule has 0 fully saturated rings. The first-order valence-corrected chi connectivity index (χ1v) is 6.71. The first-order chi connectivity index (χ1) is 9.63. The van der Waals surface area contributed by atoms with E-state index in [-0.39, 0.29) is 10.6 Å². The van der Waals surface area contributed by atoms with Gasteiger partial charge >= 0.3 is 5.97 Å². The van der Waals surface area contributed by atoms with Crippen LogP contribution in [0.15, 0.2) is 30.3 Å². The maximum atomic E-state index is 11.0. The van der Waals surface area contributed by atoms with Gasteiger partial charge < -0.3 is 9.84 Å². The zero-order valence-corrected chi connectivity index (χ0v) is 11.4. The summed E-state index contributed by atoms with van der Waals surface area (Å²) in [4.78, 5) is 15.5. The van der Waals surface area contributed by atoms with Gasteiger partial charge in [0.1, 0.15) is 5.75 Å². The number of benzene rings is 1. The predicted molar refractivity (Wildman–Crippen MR) is 74.7 cm³/mol. The number of aryl methyl sites for hydroxylation is 2. The van der Waals surface area contributed by atoms with Crippen LogP contribution in [0.4, 0.5) is 0 Å². The largest absolute Gasteiger partial charge is 0.478 e. The van der Waals surface area contributed by atoms with Crippen molar-refractivity contribution in [1.82, 2.24) is 4.98 Å². The van der Waals surface area contributed by atoms with Gasteiger partial charge in [-0.2, -0.15) is 0 Å². The third-order valence-corrected chi connectivity index (χ3v) is 3.62. The normalized spacial score (nSPS) is 13.1. The third-order valence-electron chi connectivity index (χ3n) is 3.29. The van der Waals surface area contributed by atoms with Gasteiger partial charge in [-0.15, -0.1) is 0 Å². The lowest BCUT2D eigenvalue weighted by atomic mass is 10.2. The van der Waals surface area contributed by atoms with Crippen molar-refractivity contribution >= 4 is 17.6 Å². The lowest BCUT2D eigenvalue weighted by molar-refractivity contribution is 0.0696. The number of ether oxygens (including phenoxy) is 1. The topological polar surface area (TPSA) is 59.4 Å². The molecule has 2 aromatic rings. The molecule has 1 N–H and O–H groups in total. The second-order valence-corrected chi connectivity index (χ2v) is 5.06. The Hall–Kier alpha value is -2.07. The van der Waals surface area contributed by atoms with E-state index in [9.17, 15) is 4.79 Å². The number of carbonyl (C=O) groups is 1. The number of hydrogen-bond acceptors (Lipinski definition) is 3. The predicted octanol–water partition coefficient (Wildman–Crippen LogP) is 3.71. The van der Waals surface area contributed by atoms with Crippen molar-refractivity contribution in [1.29, 1.82) is 0 Å². The SMILES string of the molecule is O=C(O)c1cc(Oc2ccc3c(n2)CCC3)ccc1Cl. The fourth-order valence-corrected chi connectivity index (χ4v) is 2.51. The summed E-state index contributed by atoms with van der Waals surface area (Å²) >= 11 is 5.82. The first kappa shape index (κ1) is 12.9. The number of fused-ring (bicyclic) bond motifs is 1. The lowest BCUT2D eigenvalue weighted by Crippen LogP contribution is -1.98. The van der Waals surface area contributed by atoms with Crippen LogP contribution in [-0.4, -0.2) is 16.1 Å². The van der Waals surface area contributed by atoms with E-state index in [1.165, 1.54) is 17.7 Å². The molecule has 1 heterocycles. The molecule has 0 radical (unpaired) electrons. The molecule has 4 nitrogen and oxygen atoms in total. The van der Waals surface area contributed by atoms with Gasteiger partial charge in [-0.25, -0.2) is 9.78 Å². The molecule has 0 saturated heterocycles. The van der Waals surface area contributed by atoms with Crippen molar-refractivity contribution in [3.63, 3.8) is 0 Å². The second-order valence-electron chi connectivity index (χ2n) is 4.66. The van der Waals surface area contributed by atoms with Crippen molar-refractivity contribution in [2.45, 2.75) is 19.3 Å². The Kier molecular flexibility index (Phi) is 3.32. The van der Waals surface area contributed by atoms with Gasteiger partial charge in [0.05, 0.1) is 10.6 Å². The van der Waals surface area contributed by atoms with Crippen LogP contribution in [-0.2, 0) is 12.8 Å². The van der Waals surface area contributed by atoms with Crippen LogP contribution in [0.3, 0.4) is 0 Å². The van der Waals surface area contributed by atoms with Crippen LogP contribution >= 0.6 is 11.6 Å². The highest BCUT2D eigenvalue weighted by molar-refractivity contribution is 6.33. The van der Waals surface area contributed by atoms with Crippen LogP contribution in [0.2, 0.25) is 5.02 Å². The van der Waals surface area contributed by atoms with Gasteiger partial charge in [0, 0.05) is 11.8 Å². The standard InChI is InChI=1S/C15H12ClNO3/c16-12-6-5-10(8-11(12)15(18)19)20-14-7-4-9-2-1-3-13(9)17-14/h4-8H,1-3H2,(H,18,19). The van der Waals surface area contributed by atoms with E-state index in [0.717, 1.165) is 25.0 Å². The van der Waals surface area contributed by atoms with Crippen LogP contribution in [0, 0.1) is 0 Å². The summed E-state index contributed by atoms with van der Waals surface area (Å²) in [5.74, 6) is -0.191. The van der Waals surface area contributed by atoms with Gasteiger partial charge in [-0.3, -0.25) is 0 Å². The molecular formula is C15H12ClNO3. The number of halogens is 1. The van der Waals surface area contributed by atoms with Crippen molar-refractivity contribution in [2.24, 2.45) is 0 Å². The van der Waals surface area contributed by atoms with E-state index in [1.807, 2.05) is 6.07 Å². The monoisotopic (exact) mass is 289 g/mol. The maximum Gasteiger partial charge on any atom is 0.337 e. The summed E-state index contributed by atoms with van der Waals surface area (Å²) in [6, 6.07) is 8.36. The van der Waals surface area contributed by atoms with Gasteiger partial charge in [-0.1, -0.05) is 17.7 Å². The third kappa shape index (κ3) is 2.47. The Morgan fingerprint density at radius 3 is 2.90 bits per heavy atom. The molecule has 0 unspecified atom stereocenters. The van der Waals surface area contributed by atoms with Gasteiger partial charge in [0.25, 0.3) is 0 Å². The van der Waals surface area contributed by atoms with Crippen LogP contribution in [0.1, 0.15) is 28.0 Å². The molecule has 0 spiro atoms. The van der Waals surface area contributed by atoms with E-state index < -0.39 is 5.97 Å². The Bertz CT molecular complexity index is 685. The molecule has 0 aliphatic heterocycles. The molecule has 0 atom stereocenters. The summed E-state index contributed by atoms with van der Waals surface area (Å²) in [6.07, 6.45) is 3.15. The highest BCUT2D eigenvalue weighted by Gasteiger charge is 2.14. The molecule has 3 rings (SSSR count). The molecule has 20 heavy (non-hydrogen) atoms. The van der Waals surface area contributed by atoms with Crippen molar-refractivity contribution in [3.8, 4) is 11.6 Å².